The zero-order chi connectivity index (χ0) is 13.0. The number of aromatic nitrogens is 1. The number of carbonyl (C=O) groups excluding carboxylic acids is 1. The maximum Gasteiger partial charge on any atom is 0.357 e. The molecule has 18 heavy (non-hydrogen) atoms. The molecule has 0 saturated heterocycles. The van der Waals surface area contributed by atoms with E-state index in [0.29, 0.717) is 5.69 Å². The third kappa shape index (κ3) is 2.94. The van der Waals surface area contributed by atoms with E-state index in [1.54, 1.807) is 6.07 Å². The first kappa shape index (κ1) is 12.3. The maximum absolute atomic E-state index is 11.8. The van der Waals surface area contributed by atoms with E-state index >= 15 is 0 Å². The molecule has 0 radical (unpaired) electrons. The summed E-state index contributed by atoms with van der Waals surface area (Å²) < 4.78 is 5.21. The molecule has 0 bridgehead atoms. The third-order valence-electron chi connectivity index (χ3n) is 2.77. The lowest BCUT2D eigenvalue weighted by Gasteiger charge is -2.06. The molecule has 3 heteroatoms. The molecule has 3 nitrogen and oxygen atoms in total. The van der Waals surface area contributed by atoms with Gasteiger partial charge in [-0.1, -0.05) is 36.4 Å². The number of carbonyl (C=O) groups is 1. The van der Waals surface area contributed by atoms with Crippen molar-refractivity contribution in [3.8, 4) is 0 Å². The molecule has 0 aliphatic rings. The smallest absolute Gasteiger partial charge is 0.357 e. The van der Waals surface area contributed by atoms with Crippen molar-refractivity contribution in [3.05, 3.63) is 65.0 Å². The molecule has 0 saturated carbocycles. The number of rotatable bonds is 3. The van der Waals surface area contributed by atoms with E-state index < -0.39 is 0 Å². The van der Waals surface area contributed by atoms with Gasteiger partial charge in [0.2, 0.25) is 0 Å². The standard InChI is InChI=1S/C15H15NO2/c1-11-8-9-14(16-12(11)2)15(17)18-10-13-6-4-3-5-7-13/h3-9H,10H2,1-2H3. The van der Waals surface area contributed by atoms with E-state index in [-0.39, 0.29) is 12.6 Å². The minimum absolute atomic E-state index is 0.272. The topological polar surface area (TPSA) is 39.2 Å². The Morgan fingerprint density at radius 2 is 1.83 bits per heavy atom. The highest BCUT2D eigenvalue weighted by Gasteiger charge is 2.09. The van der Waals surface area contributed by atoms with Crippen LogP contribution in [0.2, 0.25) is 0 Å². The van der Waals surface area contributed by atoms with Crippen LogP contribution < -0.4 is 0 Å². The predicted octanol–water partition coefficient (Wildman–Crippen LogP) is 3.06. The highest BCUT2D eigenvalue weighted by molar-refractivity contribution is 5.87. The summed E-state index contributed by atoms with van der Waals surface area (Å²) in [6.45, 7) is 4.11. The zero-order valence-corrected chi connectivity index (χ0v) is 10.5. The zero-order valence-electron chi connectivity index (χ0n) is 10.5. The molecule has 0 N–H and O–H groups in total. The van der Waals surface area contributed by atoms with Gasteiger partial charge < -0.3 is 4.74 Å². The van der Waals surface area contributed by atoms with Crippen LogP contribution in [0.5, 0.6) is 0 Å². The van der Waals surface area contributed by atoms with E-state index in [1.165, 1.54) is 0 Å². The molecular weight excluding hydrogens is 226 g/mol. The van der Waals surface area contributed by atoms with E-state index in [4.69, 9.17) is 4.74 Å². The lowest BCUT2D eigenvalue weighted by atomic mass is 10.2. The Hall–Kier alpha value is -2.16. The summed E-state index contributed by atoms with van der Waals surface area (Å²) in [7, 11) is 0. The number of aryl methyl sites for hydroxylation is 2. The molecule has 2 rings (SSSR count). The summed E-state index contributed by atoms with van der Waals surface area (Å²) in [5, 5.41) is 0. The Bertz CT molecular complexity index is 550. The Kier molecular flexibility index (Phi) is 3.72. The van der Waals surface area contributed by atoms with Crippen LogP contribution in [0.3, 0.4) is 0 Å². The largest absolute Gasteiger partial charge is 0.456 e. The van der Waals surface area contributed by atoms with Gasteiger partial charge in [-0.2, -0.15) is 0 Å². The average Bonchev–Trinajstić information content (AvgIpc) is 2.40. The summed E-state index contributed by atoms with van der Waals surface area (Å²) in [6, 6.07) is 13.2. The van der Waals surface area contributed by atoms with Gasteiger partial charge in [-0.25, -0.2) is 9.78 Å². The number of esters is 1. The number of nitrogens with zero attached hydrogens (tertiary/aromatic N) is 1. The second-order valence-corrected chi connectivity index (χ2v) is 4.16. The molecule has 1 heterocycles. The number of ether oxygens (including phenoxy) is 1. The fourth-order valence-electron chi connectivity index (χ4n) is 1.54. The van der Waals surface area contributed by atoms with E-state index in [9.17, 15) is 4.79 Å². The van der Waals surface area contributed by atoms with Crippen LogP contribution in [-0.4, -0.2) is 11.0 Å². The van der Waals surface area contributed by atoms with Crippen molar-refractivity contribution in [3.63, 3.8) is 0 Å². The summed E-state index contributed by atoms with van der Waals surface area (Å²) in [4.78, 5) is 16.0. The summed E-state index contributed by atoms with van der Waals surface area (Å²) in [5.74, 6) is -0.387. The molecule has 0 unspecified atom stereocenters. The first-order valence-electron chi connectivity index (χ1n) is 5.82. The summed E-state index contributed by atoms with van der Waals surface area (Å²) >= 11 is 0. The maximum atomic E-state index is 11.8. The fourth-order valence-corrected chi connectivity index (χ4v) is 1.54. The van der Waals surface area contributed by atoms with Crippen molar-refractivity contribution >= 4 is 5.97 Å². The minimum Gasteiger partial charge on any atom is -0.456 e. The van der Waals surface area contributed by atoms with Crippen molar-refractivity contribution in [2.45, 2.75) is 20.5 Å². The molecular formula is C15H15NO2. The van der Waals surface area contributed by atoms with Gasteiger partial charge in [0.25, 0.3) is 0 Å². The van der Waals surface area contributed by atoms with Crippen LogP contribution in [0.25, 0.3) is 0 Å². The van der Waals surface area contributed by atoms with Crippen molar-refractivity contribution in [1.82, 2.24) is 4.98 Å². The van der Waals surface area contributed by atoms with Crippen molar-refractivity contribution < 1.29 is 9.53 Å². The molecule has 0 aliphatic carbocycles. The second kappa shape index (κ2) is 5.45. The third-order valence-corrected chi connectivity index (χ3v) is 2.77. The van der Waals surface area contributed by atoms with Gasteiger partial charge in [0.05, 0.1) is 0 Å². The van der Waals surface area contributed by atoms with Crippen LogP contribution in [0.4, 0.5) is 0 Å². The molecule has 1 aromatic carbocycles. The molecule has 0 atom stereocenters. The first-order chi connectivity index (χ1) is 8.66. The second-order valence-electron chi connectivity index (χ2n) is 4.16. The number of hydrogen-bond donors (Lipinski definition) is 0. The van der Waals surface area contributed by atoms with Gasteiger partial charge in [0.1, 0.15) is 12.3 Å². The fraction of sp³-hybridized carbons (Fsp3) is 0.200. The summed E-state index contributed by atoms with van der Waals surface area (Å²) in [5.41, 5.74) is 3.24. The van der Waals surface area contributed by atoms with Crippen molar-refractivity contribution in [2.75, 3.05) is 0 Å². The lowest BCUT2D eigenvalue weighted by molar-refractivity contribution is 0.0465. The molecule has 0 aliphatic heterocycles. The number of pyridine rings is 1. The lowest BCUT2D eigenvalue weighted by Crippen LogP contribution is -2.08. The van der Waals surface area contributed by atoms with Gasteiger partial charge in [-0.15, -0.1) is 0 Å². The van der Waals surface area contributed by atoms with Gasteiger partial charge in [-0.3, -0.25) is 0 Å². The van der Waals surface area contributed by atoms with Crippen molar-refractivity contribution in [2.24, 2.45) is 0 Å². The Labute approximate surface area is 106 Å². The summed E-state index contributed by atoms with van der Waals surface area (Å²) in [6.07, 6.45) is 0. The van der Waals surface area contributed by atoms with Gasteiger partial charge >= 0.3 is 5.97 Å². The Balaban J connectivity index is 2.02. The van der Waals surface area contributed by atoms with Gasteiger partial charge in [0, 0.05) is 5.69 Å². The molecule has 0 amide bonds. The van der Waals surface area contributed by atoms with Crippen LogP contribution in [-0.2, 0) is 11.3 Å². The van der Waals surface area contributed by atoms with Crippen LogP contribution in [0.15, 0.2) is 42.5 Å². The number of hydrogen-bond acceptors (Lipinski definition) is 3. The Morgan fingerprint density at radius 3 is 2.50 bits per heavy atom. The van der Waals surface area contributed by atoms with E-state index in [1.807, 2.05) is 50.2 Å². The van der Waals surface area contributed by atoms with E-state index in [2.05, 4.69) is 4.98 Å². The van der Waals surface area contributed by atoms with Crippen LogP contribution >= 0.6 is 0 Å². The SMILES string of the molecule is Cc1ccc(C(=O)OCc2ccccc2)nc1C. The monoisotopic (exact) mass is 241 g/mol. The molecule has 92 valence electrons. The molecule has 1 aromatic heterocycles. The van der Waals surface area contributed by atoms with Crippen LogP contribution in [0.1, 0.15) is 27.3 Å². The predicted molar refractivity (Wildman–Crippen MR) is 69.3 cm³/mol. The van der Waals surface area contributed by atoms with Crippen molar-refractivity contribution in [1.29, 1.82) is 0 Å². The van der Waals surface area contributed by atoms with E-state index in [0.717, 1.165) is 16.8 Å². The molecule has 0 fully saturated rings. The minimum atomic E-state index is -0.387. The van der Waals surface area contributed by atoms with Gasteiger partial charge in [-0.05, 0) is 31.0 Å². The normalized spacial score (nSPS) is 10.1. The van der Waals surface area contributed by atoms with Gasteiger partial charge in [0.15, 0.2) is 0 Å². The molecule has 2 aromatic rings. The Morgan fingerprint density at radius 1 is 1.11 bits per heavy atom. The quantitative estimate of drug-likeness (QED) is 0.775. The first-order valence-corrected chi connectivity index (χ1v) is 5.82. The highest BCUT2D eigenvalue weighted by atomic mass is 16.5. The number of benzene rings is 1. The highest BCUT2D eigenvalue weighted by Crippen LogP contribution is 2.08. The molecule has 0 spiro atoms. The van der Waals surface area contributed by atoms with Crippen LogP contribution in [0, 0.1) is 13.8 Å². The average molecular weight is 241 g/mol.